The molecular weight excluding hydrogens is 232 g/mol. The van der Waals surface area contributed by atoms with Crippen molar-refractivity contribution in [2.45, 2.75) is 38.8 Å². The molecule has 3 N–H and O–H groups in total. The van der Waals surface area contributed by atoms with Crippen LogP contribution in [0.25, 0.3) is 0 Å². The lowest BCUT2D eigenvalue weighted by molar-refractivity contribution is 0.0291. The SMILES string of the molecule is COCCC(C)(O)CNS(=O)(=O)NC(C)C. The van der Waals surface area contributed by atoms with Crippen LogP contribution in [0.2, 0.25) is 0 Å². The standard InChI is InChI=1S/C9H22N2O4S/c1-8(2)11-16(13,14)10-7-9(3,12)5-6-15-4/h8,10-12H,5-7H2,1-4H3. The highest BCUT2D eigenvalue weighted by molar-refractivity contribution is 7.87. The average Bonchev–Trinajstić information content (AvgIpc) is 2.10. The van der Waals surface area contributed by atoms with Gasteiger partial charge >= 0.3 is 0 Å². The predicted octanol–water partition coefficient (Wildman–Crippen LogP) is -0.394. The molecule has 0 fully saturated rings. The summed E-state index contributed by atoms with van der Waals surface area (Å²) in [5.41, 5.74) is -1.11. The van der Waals surface area contributed by atoms with E-state index in [1.54, 1.807) is 20.8 Å². The number of ether oxygens (including phenoxy) is 1. The Labute approximate surface area is 97.6 Å². The van der Waals surface area contributed by atoms with Gasteiger partial charge in [-0.05, 0) is 20.8 Å². The molecule has 0 saturated heterocycles. The van der Waals surface area contributed by atoms with Crippen LogP contribution in [0, 0.1) is 0 Å². The summed E-state index contributed by atoms with van der Waals surface area (Å²) < 4.78 is 32.3. The lowest BCUT2D eigenvalue weighted by atomic mass is 10.0. The van der Waals surface area contributed by atoms with Crippen LogP contribution in [0.3, 0.4) is 0 Å². The van der Waals surface area contributed by atoms with Gasteiger partial charge in [0, 0.05) is 32.7 Å². The Morgan fingerprint density at radius 3 is 2.44 bits per heavy atom. The lowest BCUT2D eigenvalue weighted by Crippen LogP contribution is -2.47. The zero-order chi connectivity index (χ0) is 12.8. The van der Waals surface area contributed by atoms with E-state index in [4.69, 9.17) is 4.74 Å². The number of methoxy groups -OCH3 is 1. The minimum absolute atomic E-state index is 0.0432. The van der Waals surface area contributed by atoms with E-state index in [1.807, 2.05) is 0 Å². The van der Waals surface area contributed by atoms with Gasteiger partial charge in [-0.25, -0.2) is 0 Å². The van der Waals surface area contributed by atoms with E-state index in [-0.39, 0.29) is 12.6 Å². The van der Waals surface area contributed by atoms with Crippen molar-refractivity contribution < 1.29 is 18.3 Å². The highest BCUT2D eigenvalue weighted by Gasteiger charge is 2.23. The molecule has 0 aliphatic carbocycles. The molecule has 0 heterocycles. The third-order valence-corrected chi connectivity index (χ3v) is 3.18. The zero-order valence-corrected chi connectivity index (χ0v) is 11.1. The summed E-state index contributed by atoms with van der Waals surface area (Å²) in [6, 6.07) is -0.179. The molecule has 0 aliphatic rings. The normalized spacial score (nSPS) is 16.4. The van der Waals surface area contributed by atoms with E-state index >= 15 is 0 Å². The second kappa shape index (κ2) is 6.51. The van der Waals surface area contributed by atoms with Crippen molar-refractivity contribution in [3.63, 3.8) is 0 Å². The van der Waals surface area contributed by atoms with E-state index in [0.717, 1.165) is 0 Å². The summed E-state index contributed by atoms with van der Waals surface area (Å²) in [6.07, 6.45) is 0.369. The summed E-state index contributed by atoms with van der Waals surface area (Å²) in [7, 11) is -2.01. The first-order chi connectivity index (χ1) is 7.18. The maximum Gasteiger partial charge on any atom is 0.277 e. The predicted molar refractivity (Wildman–Crippen MR) is 62.3 cm³/mol. The largest absolute Gasteiger partial charge is 0.389 e. The highest BCUT2D eigenvalue weighted by Crippen LogP contribution is 2.07. The van der Waals surface area contributed by atoms with E-state index in [2.05, 4.69) is 9.44 Å². The van der Waals surface area contributed by atoms with Gasteiger partial charge < -0.3 is 9.84 Å². The van der Waals surface area contributed by atoms with Crippen LogP contribution in [0.15, 0.2) is 0 Å². The Hall–Kier alpha value is -0.210. The fourth-order valence-electron chi connectivity index (χ4n) is 1.01. The van der Waals surface area contributed by atoms with Crippen LogP contribution in [0.1, 0.15) is 27.2 Å². The molecule has 16 heavy (non-hydrogen) atoms. The molecular formula is C9H22N2O4S. The Kier molecular flexibility index (Phi) is 6.42. The van der Waals surface area contributed by atoms with Crippen molar-refractivity contribution in [1.82, 2.24) is 9.44 Å². The minimum atomic E-state index is -3.54. The summed E-state index contributed by atoms with van der Waals surface area (Å²) >= 11 is 0. The van der Waals surface area contributed by atoms with E-state index in [1.165, 1.54) is 7.11 Å². The summed E-state index contributed by atoms with van der Waals surface area (Å²) in [5.74, 6) is 0. The smallest absolute Gasteiger partial charge is 0.277 e. The Balaban J connectivity index is 4.12. The lowest BCUT2D eigenvalue weighted by Gasteiger charge is -2.23. The molecule has 7 heteroatoms. The second-order valence-corrected chi connectivity index (χ2v) is 5.87. The van der Waals surface area contributed by atoms with Gasteiger partial charge in [0.15, 0.2) is 0 Å². The number of nitrogens with one attached hydrogen (secondary N) is 2. The molecule has 0 rings (SSSR count). The van der Waals surface area contributed by atoms with Crippen molar-refractivity contribution in [3.05, 3.63) is 0 Å². The van der Waals surface area contributed by atoms with Crippen molar-refractivity contribution in [3.8, 4) is 0 Å². The van der Waals surface area contributed by atoms with Crippen LogP contribution in [-0.2, 0) is 14.9 Å². The first-order valence-corrected chi connectivity index (χ1v) is 6.65. The van der Waals surface area contributed by atoms with Gasteiger partial charge in [0.05, 0.1) is 5.60 Å². The molecule has 1 unspecified atom stereocenters. The summed E-state index contributed by atoms with van der Waals surface area (Å²) in [5, 5.41) is 9.81. The van der Waals surface area contributed by atoms with Gasteiger partial charge in [0.25, 0.3) is 10.2 Å². The monoisotopic (exact) mass is 254 g/mol. The number of hydrogen-bond donors (Lipinski definition) is 3. The molecule has 1 atom stereocenters. The average molecular weight is 254 g/mol. The molecule has 0 bridgehead atoms. The third kappa shape index (κ3) is 8.00. The Morgan fingerprint density at radius 2 is 2.00 bits per heavy atom. The maximum atomic E-state index is 11.4. The molecule has 6 nitrogen and oxygen atoms in total. The first-order valence-electron chi connectivity index (χ1n) is 5.17. The van der Waals surface area contributed by atoms with Crippen LogP contribution in [0.4, 0.5) is 0 Å². The minimum Gasteiger partial charge on any atom is -0.389 e. The second-order valence-electron chi connectivity index (χ2n) is 4.34. The molecule has 0 radical (unpaired) electrons. The van der Waals surface area contributed by atoms with E-state index in [0.29, 0.717) is 13.0 Å². The van der Waals surface area contributed by atoms with Gasteiger partial charge in [-0.1, -0.05) is 0 Å². The van der Waals surface area contributed by atoms with Gasteiger partial charge in [0.1, 0.15) is 0 Å². The van der Waals surface area contributed by atoms with E-state index in [9.17, 15) is 13.5 Å². The summed E-state index contributed by atoms with van der Waals surface area (Å²) in [4.78, 5) is 0. The van der Waals surface area contributed by atoms with Crippen LogP contribution in [-0.4, -0.2) is 45.4 Å². The van der Waals surface area contributed by atoms with Crippen molar-refractivity contribution in [2.75, 3.05) is 20.3 Å². The van der Waals surface area contributed by atoms with Crippen molar-refractivity contribution in [2.24, 2.45) is 0 Å². The van der Waals surface area contributed by atoms with Crippen LogP contribution < -0.4 is 9.44 Å². The van der Waals surface area contributed by atoms with Gasteiger partial charge in [-0.2, -0.15) is 17.9 Å². The van der Waals surface area contributed by atoms with Crippen molar-refractivity contribution >= 4 is 10.2 Å². The number of rotatable bonds is 8. The topological polar surface area (TPSA) is 87.7 Å². The van der Waals surface area contributed by atoms with Crippen molar-refractivity contribution in [1.29, 1.82) is 0 Å². The van der Waals surface area contributed by atoms with Gasteiger partial charge in [-0.3, -0.25) is 0 Å². The molecule has 98 valence electrons. The highest BCUT2D eigenvalue weighted by atomic mass is 32.2. The van der Waals surface area contributed by atoms with Gasteiger partial charge in [-0.15, -0.1) is 0 Å². The molecule has 0 aromatic heterocycles. The number of hydrogen-bond acceptors (Lipinski definition) is 4. The molecule has 0 aromatic rings. The van der Waals surface area contributed by atoms with E-state index < -0.39 is 15.8 Å². The molecule has 0 spiro atoms. The Morgan fingerprint density at radius 1 is 1.44 bits per heavy atom. The Bertz CT molecular complexity index is 288. The van der Waals surface area contributed by atoms with Crippen LogP contribution >= 0.6 is 0 Å². The van der Waals surface area contributed by atoms with Crippen LogP contribution in [0.5, 0.6) is 0 Å². The first kappa shape index (κ1) is 15.8. The molecule has 0 aromatic carbocycles. The summed E-state index contributed by atoms with van der Waals surface area (Å²) in [6.45, 7) is 5.35. The molecule has 0 aliphatic heterocycles. The van der Waals surface area contributed by atoms with Gasteiger partial charge in [0.2, 0.25) is 0 Å². The number of aliphatic hydroxyl groups is 1. The fourth-order valence-corrected chi connectivity index (χ4v) is 2.22. The third-order valence-electron chi connectivity index (χ3n) is 1.88. The fraction of sp³-hybridized carbons (Fsp3) is 1.00. The maximum absolute atomic E-state index is 11.4. The molecule has 0 amide bonds. The quantitative estimate of drug-likeness (QED) is 0.550. The molecule has 0 saturated carbocycles. The zero-order valence-electron chi connectivity index (χ0n) is 10.3.